The number of nitrogens with two attached hydrogens (primary N) is 2. The van der Waals surface area contributed by atoms with Gasteiger partial charge in [0.05, 0.1) is 25.9 Å². The molecular weight excluding hydrogens is 1060 g/mol. The lowest BCUT2D eigenvalue weighted by atomic mass is 10.1. The van der Waals surface area contributed by atoms with Crippen LogP contribution in [0.25, 0.3) is 22.3 Å². The number of anilines is 2. The molecule has 3 saturated heterocycles. The Morgan fingerprint density at radius 1 is 0.627 bits per heavy atom. The van der Waals surface area contributed by atoms with Crippen LogP contribution in [0, 0.1) is 0 Å². The van der Waals surface area contributed by atoms with Gasteiger partial charge in [0, 0.05) is 24.2 Å². The summed E-state index contributed by atoms with van der Waals surface area (Å²) in [5.74, 6) is -1.97. The van der Waals surface area contributed by atoms with Crippen molar-refractivity contribution in [3.05, 3.63) is 25.3 Å². The first-order valence-corrected chi connectivity index (χ1v) is 32.7. The van der Waals surface area contributed by atoms with Gasteiger partial charge in [-0.3, -0.25) is 32.3 Å². The first kappa shape index (κ1) is 59.1. The predicted molar refractivity (Wildman–Crippen MR) is 280 cm³/mol. The number of rotatable bonds is 28. The third-order valence-corrected chi connectivity index (χ3v) is 20.3. The molecule has 3 fully saturated rings. The van der Waals surface area contributed by atoms with E-state index < -0.39 is 106 Å². The average molecular weight is 1130 g/mol. The van der Waals surface area contributed by atoms with E-state index in [1.165, 1.54) is 85.8 Å². The van der Waals surface area contributed by atoms with Gasteiger partial charge in [0.2, 0.25) is 0 Å². The SMILES string of the molecule is CCCCCCCCCCCC(=O)OCSP1(=O)CO[C@H]2[C@@H](F)[C@H](n3cnc4c(N)ncnc43)O[C@@H]2COP(=O)(SCOC(=O)CCCCCCCCCCC)O[C@H]2[C@@H](F)[C@H](n3cnc4c(N)ncnc43)O[C@@H]2CO1. The minimum absolute atomic E-state index is 0.0200. The van der Waals surface area contributed by atoms with E-state index in [2.05, 4.69) is 43.8 Å². The molecular formula is C47H72F2N10O12P2S2. The largest absolute Gasteiger partial charge is 0.454 e. The summed E-state index contributed by atoms with van der Waals surface area (Å²) >= 11 is 1.09. The van der Waals surface area contributed by atoms with E-state index in [1.54, 1.807) is 0 Å². The fourth-order valence-corrected chi connectivity index (χ4v) is 14.6. The van der Waals surface area contributed by atoms with Gasteiger partial charge >= 0.3 is 18.7 Å². The number of fused-ring (bicyclic) bond motifs is 4. The van der Waals surface area contributed by atoms with Crippen LogP contribution in [-0.4, -0.2) is 119 Å². The fraction of sp³-hybridized carbons (Fsp3) is 0.745. The van der Waals surface area contributed by atoms with Crippen molar-refractivity contribution in [1.29, 1.82) is 0 Å². The highest BCUT2D eigenvalue weighted by Gasteiger charge is 2.54. The molecule has 3 aliphatic rings. The Hall–Kier alpha value is -3.58. The molecule has 22 nitrogen and oxygen atoms in total. The summed E-state index contributed by atoms with van der Waals surface area (Å²) in [6.07, 6.45) is 9.83. The van der Waals surface area contributed by atoms with Gasteiger partial charge in [-0.15, -0.1) is 0 Å². The molecule has 0 bridgehead atoms. The summed E-state index contributed by atoms with van der Waals surface area (Å²) in [7, 11) is 0. The highest BCUT2D eigenvalue weighted by Crippen LogP contribution is 2.65. The molecule has 0 aliphatic carbocycles. The monoisotopic (exact) mass is 1130 g/mol. The van der Waals surface area contributed by atoms with Gasteiger partial charge < -0.3 is 39.7 Å². The second-order valence-corrected chi connectivity index (χ2v) is 27.5. The topological polar surface area (TPSA) is 281 Å². The molecule has 0 radical (unpaired) electrons. The fourth-order valence-electron chi connectivity index (χ4n) is 9.06. The number of aromatic nitrogens is 8. The van der Waals surface area contributed by atoms with Crippen LogP contribution in [0.15, 0.2) is 25.3 Å². The summed E-state index contributed by atoms with van der Waals surface area (Å²) < 4.78 is 114. The van der Waals surface area contributed by atoms with Gasteiger partial charge in [-0.25, -0.2) is 43.2 Å². The lowest BCUT2D eigenvalue weighted by Crippen LogP contribution is -2.35. The van der Waals surface area contributed by atoms with E-state index in [-0.39, 0.29) is 46.8 Å². The van der Waals surface area contributed by atoms with Crippen LogP contribution in [0.4, 0.5) is 20.4 Å². The molecule has 0 spiro atoms. The van der Waals surface area contributed by atoms with E-state index in [1.807, 2.05) is 0 Å². The second-order valence-electron chi connectivity index (χ2n) is 18.8. The van der Waals surface area contributed by atoms with Crippen molar-refractivity contribution in [3.8, 4) is 0 Å². The van der Waals surface area contributed by atoms with E-state index in [4.69, 9.17) is 48.7 Å². The third kappa shape index (κ3) is 16.5. The normalized spacial score (nSPS) is 27.4. The summed E-state index contributed by atoms with van der Waals surface area (Å²) in [6.45, 7) is -5.91. The summed E-state index contributed by atoms with van der Waals surface area (Å²) in [5, 5.41) is 0. The zero-order valence-corrected chi connectivity index (χ0v) is 46.1. The zero-order valence-electron chi connectivity index (χ0n) is 42.7. The van der Waals surface area contributed by atoms with Crippen LogP contribution in [-0.2, 0) is 56.0 Å². The van der Waals surface area contributed by atoms with Gasteiger partial charge in [-0.2, -0.15) is 0 Å². The van der Waals surface area contributed by atoms with Gasteiger partial charge in [-0.05, 0) is 24.2 Å². The first-order chi connectivity index (χ1) is 36.3. The van der Waals surface area contributed by atoms with Crippen molar-refractivity contribution in [2.45, 2.75) is 191 Å². The molecule has 75 heavy (non-hydrogen) atoms. The molecule has 0 amide bonds. The average Bonchev–Trinajstić information content (AvgIpc) is 4.18. The summed E-state index contributed by atoms with van der Waals surface area (Å²) in [5.41, 5.74) is 12.6. The number of esters is 2. The number of imidazole rings is 2. The number of carbonyl (C=O) groups is 2. The predicted octanol–water partition coefficient (Wildman–Crippen LogP) is 10.7. The molecule has 0 aromatic carbocycles. The molecule has 4 N–H and O–H groups in total. The smallest absolute Gasteiger partial charge is 0.392 e. The number of nitrogen functional groups attached to an aromatic ring is 2. The number of hydrogen-bond donors (Lipinski definition) is 2. The maximum absolute atomic E-state index is 17.2. The van der Waals surface area contributed by atoms with E-state index >= 15 is 13.3 Å². The summed E-state index contributed by atoms with van der Waals surface area (Å²) in [4.78, 5) is 50.6. The van der Waals surface area contributed by atoms with Crippen molar-refractivity contribution >= 4 is 82.0 Å². The number of nitrogens with zero attached hydrogens (tertiary/aromatic N) is 8. The Bertz CT molecular complexity index is 2540. The van der Waals surface area contributed by atoms with Crippen LogP contribution in [0.2, 0.25) is 0 Å². The van der Waals surface area contributed by atoms with E-state index in [0.717, 1.165) is 51.4 Å². The molecule has 0 saturated carbocycles. The Balaban J connectivity index is 1.09. The number of alkyl halides is 2. The number of unbranched alkanes of at least 4 members (excludes halogenated alkanes) is 16. The van der Waals surface area contributed by atoms with Gasteiger partial charge in [0.1, 0.15) is 66.3 Å². The summed E-state index contributed by atoms with van der Waals surface area (Å²) in [6, 6.07) is 0. The molecule has 4 aromatic heterocycles. The molecule has 7 heterocycles. The molecule has 4 aromatic rings. The van der Waals surface area contributed by atoms with Crippen LogP contribution in [0.5, 0.6) is 0 Å². The van der Waals surface area contributed by atoms with Crippen LogP contribution < -0.4 is 11.5 Å². The van der Waals surface area contributed by atoms with Gasteiger partial charge in [0.25, 0.3) is 6.57 Å². The first-order valence-electron chi connectivity index (χ1n) is 26.2. The molecule has 2 unspecified atom stereocenters. The van der Waals surface area contributed by atoms with Crippen molar-refractivity contribution in [1.82, 2.24) is 39.0 Å². The van der Waals surface area contributed by atoms with Crippen molar-refractivity contribution in [2.24, 2.45) is 0 Å². The van der Waals surface area contributed by atoms with E-state index in [0.29, 0.717) is 35.6 Å². The second kappa shape index (κ2) is 29.4. The Kier molecular flexibility index (Phi) is 23.2. The van der Waals surface area contributed by atoms with Crippen LogP contribution in [0.1, 0.15) is 155 Å². The van der Waals surface area contributed by atoms with Crippen molar-refractivity contribution in [2.75, 3.05) is 42.9 Å². The van der Waals surface area contributed by atoms with Gasteiger partial charge in [0.15, 0.2) is 47.7 Å². The van der Waals surface area contributed by atoms with Crippen LogP contribution >= 0.6 is 36.1 Å². The highest BCUT2D eigenvalue weighted by atomic mass is 32.7. The Labute approximate surface area is 443 Å². The quantitative estimate of drug-likeness (QED) is 0.0231. The molecule has 28 heteroatoms. The van der Waals surface area contributed by atoms with Crippen molar-refractivity contribution < 1.29 is 64.8 Å². The molecule has 7 rings (SSSR count). The van der Waals surface area contributed by atoms with Crippen molar-refractivity contribution in [3.63, 3.8) is 0 Å². The Morgan fingerprint density at radius 3 is 1.57 bits per heavy atom. The maximum Gasteiger partial charge on any atom is 0.392 e. The molecule has 418 valence electrons. The molecule has 3 aliphatic heterocycles. The number of ether oxygens (including phenoxy) is 5. The minimum Gasteiger partial charge on any atom is -0.454 e. The number of carbonyl (C=O) groups excluding carboxylic acids is 2. The highest BCUT2D eigenvalue weighted by molar-refractivity contribution is 8.56. The third-order valence-electron chi connectivity index (χ3n) is 13.2. The molecule has 10 atom stereocenters. The number of halogens is 2. The minimum atomic E-state index is -4.69. The zero-order chi connectivity index (χ0) is 53.2. The van der Waals surface area contributed by atoms with Crippen LogP contribution in [0.3, 0.4) is 0 Å². The lowest BCUT2D eigenvalue weighted by Gasteiger charge is -2.26. The number of hydrogen-bond acceptors (Lipinski definition) is 22. The Morgan fingerprint density at radius 2 is 1.07 bits per heavy atom. The maximum atomic E-state index is 17.2. The standard InChI is InChI=1S/C47H72F2N10O12P2S2/c1-3-5-7-9-11-13-15-17-19-21-34(60)65-30-74-72(62)29-64-40-32(69-46(36(40)48)58-27-56-38-42(50)52-25-54-44(38)58)24-68-73(63,75-31-66-35(61)22-20-18-16-14-12-10-8-6-4-2)71-41-33(23-67-72)70-47(37(41)49)59-28-57-39-43(51)53-26-55-45(39)59/h25-28,32-33,36-37,40-41,46-47H,3-24,29-31H2,1-2H3,(H2,50,52,54)(H2,51,53,55)/t32-,33-,36-,37-,40-,41-,46-,47-,72?,73?/m1/s1. The lowest BCUT2D eigenvalue weighted by molar-refractivity contribution is -0.142. The van der Waals surface area contributed by atoms with E-state index in [9.17, 15) is 14.2 Å². The van der Waals surface area contributed by atoms with Gasteiger partial charge in [-0.1, -0.05) is 117 Å².